The number of nitrogens with one attached hydrogen (secondary N) is 1. The topological polar surface area (TPSA) is 12.0 Å². The van der Waals surface area contributed by atoms with Crippen LogP contribution in [0.15, 0.2) is 18.2 Å². The van der Waals surface area contributed by atoms with Gasteiger partial charge in [0.15, 0.2) is 0 Å². The number of rotatable bonds is 1. The fourth-order valence-corrected chi connectivity index (χ4v) is 1.79. The summed E-state index contributed by atoms with van der Waals surface area (Å²) in [4.78, 5) is 0. The van der Waals surface area contributed by atoms with Crippen LogP contribution in [0.3, 0.4) is 0 Å². The van der Waals surface area contributed by atoms with E-state index in [9.17, 15) is 4.39 Å². The van der Waals surface area contributed by atoms with Crippen molar-refractivity contribution in [1.82, 2.24) is 5.32 Å². The zero-order chi connectivity index (χ0) is 8.55. The Morgan fingerprint density at radius 2 is 2.08 bits per heavy atom. The van der Waals surface area contributed by atoms with E-state index >= 15 is 0 Å². The second-order valence-electron chi connectivity index (χ2n) is 3.31. The van der Waals surface area contributed by atoms with E-state index in [1.165, 1.54) is 11.6 Å². The summed E-state index contributed by atoms with van der Waals surface area (Å²) in [5.74, 6) is -0.120. The van der Waals surface area contributed by atoms with E-state index < -0.39 is 0 Å². The van der Waals surface area contributed by atoms with Crippen molar-refractivity contribution in [3.63, 3.8) is 0 Å². The van der Waals surface area contributed by atoms with E-state index in [-0.39, 0.29) is 5.82 Å². The first-order chi connectivity index (χ1) is 5.79. The third-order valence-electron chi connectivity index (χ3n) is 2.51. The molecule has 0 spiro atoms. The smallest absolute Gasteiger partial charge is 0.123 e. The van der Waals surface area contributed by atoms with Gasteiger partial charge in [0.05, 0.1) is 0 Å². The highest BCUT2D eigenvalue weighted by molar-refractivity contribution is 5.33. The van der Waals surface area contributed by atoms with E-state index in [2.05, 4.69) is 5.32 Å². The summed E-state index contributed by atoms with van der Waals surface area (Å²) >= 11 is 0. The minimum absolute atomic E-state index is 0.120. The van der Waals surface area contributed by atoms with E-state index in [0.717, 1.165) is 18.4 Å². The van der Waals surface area contributed by atoms with Crippen LogP contribution in [0.5, 0.6) is 0 Å². The molecule has 1 aromatic rings. The summed E-state index contributed by atoms with van der Waals surface area (Å²) in [6.45, 7) is 0. The van der Waals surface area contributed by atoms with Crippen molar-refractivity contribution in [2.75, 3.05) is 7.05 Å². The SMILES string of the molecule is CN[C@H]1Cc2ccc(F)cc2C1. The van der Waals surface area contributed by atoms with Crippen LogP contribution in [0.4, 0.5) is 4.39 Å². The Kier molecular flexibility index (Phi) is 1.85. The summed E-state index contributed by atoms with van der Waals surface area (Å²) in [6, 6.07) is 5.58. The summed E-state index contributed by atoms with van der Waals surface area (Å²) < 4.78 is 12.8. The average molecular weight is 165 g/mol. The molecule has 0 fully saturated rings. The van der Waals surface area contributed by atoms with Gasteiger partial charge in [-0.05, 0) is 43.1 Å². The lowest BCUT2D eigenvalue weighted by atomic mass is 10.1. The first-order valence-electron chi connectivity index (χ1n) is 4.24. The highest BCUT2D eigenvalue weighted by Crippen LogP contribution is 2.22. The van der Waals surface area contributed by atoms with Gasteiger partial charge in [-0.1, -0.05) is 6.07 Å². The van der Waals surface area contributed by atoms with Gasteiger partial charge in [0, 0.05) is 6.04 Å². The van der Waals surface area contributed by atoms with Crippen LogP contribution in [0, 0.1) is 5.82 Å². The molecule has 0 heterocycles. The molecule has 0 saturated carbocycles. The van der Waals surface area contributed by atoms with E-state index in [0.29, 0.717) is 6.04 Å². The maximum absolute atomic E-state index is 12.8. The maximum Gasteiger partial charge on any atom is 0.123 e. The lowest BCUT2D eigenvalue weighted by molar-refractivity contribution is 0.592. The standard InChI is InChI=1S/C10H12FN/c1-12-10-5-7-2-3-9(11)4-8(7)6-10/h2-4,10,12H,5-6H2,1H3/t10-/m0/s1. The van der Waals surface area contributed by atoms with Crippen molar-refractivity contribution in [2.45, 2.75) is 18.9 Å². The zero-order valence-corrected chi connectivity index (χ0v) is 7.10. The van der Waals surface area contributed by atoms with Crippen molar-refractivity contribution in [2.24, 2.45) is 0 Å². The molecule has 0 aromatic heterocycles. The first kappa shape index (κ1) is 7.74. The molecular weight excluding hydrogens is 153 g/mol. The zero-order valence-electron chi connectivity index (χ0n) is 7.10. The van der Waals surface area contributed by atoms with Gasteiger partial charge in [-0.2, -0.15) is 0 Å². The molecule has 1 aliphatic rings. The van der Waals surface area contributed by atoms with E-state index in [1.54, 1.807) is 6.07 Å². The predicted molar refractivity (Wildman–Crippen MR) is 46.7 cm³/mol. The predicted octanol–water partition coefficient (Wildman–Crippen LogP) is 1.51. The molecular formula is C10H12FN. The number of hydrogen-bond acceptors (Lipinski definition) is 1. The quantitative estimate of drug-likeness (QED) is 0.665. The van der Waals surface area contributed by atoms with E-state index in [1.807, 2.05) is 13.1 Å². The van der Waals surface area contributed by atoms with Crippen molar-refractivity contribution >= 4 is 0 Å². The first-order valence-corrected chi connectivity index (χ1v) is 4.24. The number of benzene rings is 1. The highest BCUT2D eigenvalue weighted by atomic mass is 19.1. The van der Waals surface area contributed by atoms with Gasteiger partial charge < -0.3 is 5.32 Å². The number of fused-ring (bicyclic) bond motifs is 1. The van der Waals surface area contributed by atoms with Gasteiger partial charge >= 0.3 is 0 Å². The Bertz CT molecular complexity index is 296. The lowest BCUT2D eigenvalue weighted by Crippen LogP contribution is -2.24. The van der Waals surface area contributed by atoms with Crippen molar-refractivity contribution in [3.8, 4) is 0 Å². The molecule has 1 aromatic carbocycles. The van der Waals surface area contributed by atoms with Gasteiger partial charge in [-0.25, -0.2) is 4.39 Å². The van der Waals surface area contributed by atoms with Crippen molar-refractivity contribution < 1.29 is 4.39 Å². The average Bonchev–Trinajstić information content (AvgIpc) is 2.46. The third kappa shape index (κ3) is 1.23. The molecule has 0 radical (unpaired) electrons. The second-order valence-corrected chi connectivity index (χ2v) is 3.31. The molecule has 2 rings (SSSR count). The van der Waals surface area contributed by atoms with Gasteiger partial charge in [-0.3, -0.25) is 0 Å². The molecule has 0 aliphatic heterocycles. The minimum atomic E-state index is -0.120. The molecule has 64 valence electrons. The van der Waals surface area contributed by atoms with Crippen molar-refractivity contribution in [3.05, 3.63) is 35.1 Å². The number of likely N-dealkylation sites (N-methyl/N-ethyl adjacent to an activating group) is 1. The largest absolute Gasteiger partial charge is 0.316 e. The lowest BCUT2D eigenvalue weighted by Gasteiger charge is -2.04. The monoisotopic (exact) mass is 165 g/mol. The molecule has 12 heavy (non-hydrogen) atoms. The van der Waals surface area contributed by atoms with Crippen LogP contribution in [0.2, 0.25) is 0 Å². The Labute approximate surface area is 71.6 Å². The second kappa shape index (κ2) is 2.87. The Balaban J connectivity index is 2.30. The molecule has 1 N–H and O–H groups in total. The van der Waals surface area contributed by atoms with E-state index in [4.69, 9.17) is 0 Å². The third-order valence-corrected chi connectivity index (χ3v) is 2.51. The fourth-order valence-electron chi connectivity index (χ4n) is 1.79. The van der Waals surface area contributed by atoms with Crippen LogP contribution < -0.4 is 5.32 Å². The van der Waals surface area contributed by atoms with Gasteiger partial charge in [-0.15, -0.1) is 0 Å². The fraction of sp³-hybridized carbons (Fsp3) is 0.400. The van der Waals surface area contributed by atoms with Crippen LogP contribution in [0.1, 0.15) is 11.1 Å². The molecule has 0 bridgehead atoms. The highest BCUT2D eigenvalue weighted by Gasteiger charge is 2.19. The molecule has 1 nitrogen and oxygen atoms in total. The molecule has 0 amide bonds. The normalized spacial score (nSPS) is 21.0. The summed E-state index contributed by atoms with van der Waals surface area (Å²) in [5.41, 5.74) is 2.45. The van der Waals surface area contributed by atoms with Crippen LogP contribution in [-0.4, -0.2) is 13.1 Å². The maximum atomic E-state index is 12.8. The summed E-state index contributed by atoms with van der Waals surface area (Å²) in [5, 5.41) is 3.21. The number of hydrogen-bond donors (Lipinski definition) is 1. The van der Waals surface area contributed by atoms with Crippen LogP contribution in [0.25, 0.3) is 0 Å². The molecule has 2 heteroatoms. The summed E-state index contributed by atoms with van der Waals surface area (Å²) in [7, 11) is 1.95. The van der Waals surface area contributed by atoms with Gasteiger partial charge in [0.25, 0.3) is 0 Å². The van der Waals surface area contributed by atoms with Crippen molar-refractivity contribution in [1.29, 1.82) is 0 Å². The van der Waals surface area contributed by atoms with Crippen LogP contribution >= 0.6 is 0 Å². The number of halogens is 1. The summed E-state index contributed by atoms with van der Waals surface area (Å²) in [6.07, 6.45) is 2.00. The Morgan fingerprint density at radius 1 is 1.33 bits per heavy atom. The van der Waals surface area contributed by atoms with Crippen LogP contribution in [-0.2, 0) is 12.8 Å². The molecule has 1 atom stereocenters. The Hall–Kier alpha value is -0.890. The Morgan fingerprint density at radius 3 is 2.83 bits per heavy atom. The minimum Gasteiger partial charge on any atom is -0.316 e. The molecule has 0 saturated heterocycles. The molecule has 0 unspecified atom stereocenters. The van der Waals surface area contributed by atoms with Gasteiger partial charge in [0.2, 0.25) is 0 Å². The van der Waals surface area contributed by atoms with Gasteiger partial charge in [0.1, 0.15) is 5.82 Å². The molecule has 1 aliphatic carbocycles.